The first kappa shape index (κ1) is 13.1. The van der Waals surface area contributed by atoms with Gasteiger partial charge in [-0.1, -0.05) is 44.0 Å². The summed E-state index contributed by atoms with van der Waals surface area (Å²) < 4.78 is 2.02. The molecule has 2 aromatic rings. The van der Waals surface area contributed by atoms with E-state index in [0.29, 0.717) is 12.1 Å². The van der Waals surface area contributed by atoms with Crippen LogP contribution in [-0.2, 0) is 6.54 Å². The van der Waals surface area contributed by atoms with E-state index < -0.39 is 0 Å². The lowest BCUT2D eigenvalue weighted by Gasteiger charge is -2.09. The molecule has 0 atom stereocenters. The minimum atomic E-state index is 0.648. The highest BCUT2D eigenvalue weighted by Gasteiger charge is 2.02. The molecule has 0 aliphatic carbocycles. The summed E-state index contributed by atoms with van der Waals surface area (Å²) in [7, 11) is 0. The SMILES string of the molecule is N#Cc1ccc(Br)cc1NCc1ccc(Br)cc1. The second kappa shape index (κ2) is 6.03. The van der Waals surface area contributed by atoms with Gasteiger partial charge in [-0.3, -0.25) is 0 Å². The molecular formula is C14H10Br2N2. The monoisotopic (exact) mass is 364 g/mol. The van der Waals surface area contributed by atoms with Crippen LogP contribution in [-0.4, -0.2) is 0 Å². The Bertz CT molecular complexity index is 586. The standard InChI is InChI=1S/C14H10Br2N2/c15-12-4-1-10(2-5-12)9-18-14-7-13(16)6-3-11(14)8-17/h1-7,18H,9H2. The van der Waals surface area contributed by atoms with Crippen LogP contribution in [0.25, 0.3) is 0 Å². The fourth-order valence-corrected chi connectivity index (χ4v) is 2.19. The van der Waals surface area contributed by atoms with Crippen LogP contribution >= 0.6 is 31.9 Å². The predicted molar refractivity (Wildman–Crippen MR) is 80.3 cm³/mol. The summed E-state index contributed by atoms with van der Waals surface area (Å²) in [6.45, 7) is 0.693. The molecule has 1 N–H and O–H groups in total. The van der Waals surface area contributed by atoms with Crippen LogP contribution in [0.15, 0.2) is 51.4 Å². The molecular weight excluding hydrogens is 356 g/mol. The van der Waals surface area contributed by atoms with Crippen molar-refractivity contribution in [2.24, 2.45) is 0 Å². The Morgan fingerprint density at radius 3 is 2.33 bits per heavy atom. The van der Waals surface area contributed by atoms with E-state index in [4.69, 9.17) is 5.26 Å². The number of anilines is 1. The van der Waals surface area contributed by atoms with Gasteiger partial charge in [0.15, 0.2) is 0 Å². The van der Waals surface area contributed by atoms with Gasteiger partial charge in [0.05, 0.1) is 11.3 Å². The zero-order valence-electron chi connectivity index (χ0n) is 9.45. The maximum Gasteiger partial charge on any atom is 0.101 e. The lowest BCUT2D eigenvalue weighted by Crippen LogP contribution is -2.01. The van der Waals surface area contributed by atoms with E-state index in [0.717, 1.165) is 14.6 Å². The average molecular weight is 366 g/mol. The molecule has 0 aliphatic rings. The Labute approximate surface area is 123 Å². The third-order valence-corrected chi connectivity index (χ3v) is 3.52. The number of hydrogen-bond acceptors (Lipinski definition) is 2. The zero-order valence-corrected chi connectivity index (χ0v) is 12.6. The van der Waals surface area contributed by atoms with E-state index in [1.165, 1.54) is 5.56 Å². The fourth-order valence-electron chi connectivity index (χ4n) is 1.56. The molecule has 0 spiro atoms. The van der Waals surface area contributed by atoms with E-state index in [1.807, 2.05) is 36.4 Å². The maximum atomic E-state index is 9.03. The highest BCUT2D eigenvalue weighted by Crippen LogP contribution is 2.21. The summed E-state index contributed by atoms with van der Waals surface area (Å²) in [5.74, 6) is 0. The van der Waals surface area contributed by atoms with Crippen molar-refractivity contribution in [2.75, 3.05) is 5.32 Å². The van der Waals surface area contributed by atoms with Crippen LogP contribution in [0.5, 0.6) is 0 Å². The van der Waals surface area contributed by atoms with Gasteiger partial charge in [0.25, 0.3) is 0 Å². The van der Waals surface area contributed by atoms with Crippen LogP contribution in [0, 0.1) is 11.3 Å². The minimum Gasteiger partial charge on any atom is -0.380 e. The first-order chi connectivity index (χ1) is 8.69. The van der Waals surface area contributed by atoms with Crippen molar-refractivity contribution in [3.63, 3.8) is 0 Å². The van der Waals surface area contributed by atoms with Crippen LogP contribution < -0.4 is 5.32 Å². The first-order valence-corrected chi connectivity index (χ1v) is 6.95. The van der Waals surface area contributed by atoms with Crippen molar-refractivity contribution in [3.8, 4) is 6.07 Å². The Morgan fingerprint density at radius 2 is 1.67 bits per heavy atom. The molecule has 90 valence electrons. The smallest absolute Gasteiger partial charge is 0.101 e. The highest BCUT2D eigenvalue weighted by atomic mass is 79.9. The molecule has 0 fully saturated rings. The third kappa shape index (κ3) is 3.34. The van der Waals surface area contributed by atoms with Crippen molar-refractivity contribution < 1.29 is 0 Å². The van der Waals surface area contributed by atoms with Crippen LogP contribution in [0.4, 0.5) is 5.69 Å². The lowest BCUT2D eigenvalue weighted by molar-refractivity contribution is 1.14. The lowest BCUT2D eigenvalue weighted by atomic mass is 10.1. The van der Waals surface area contributed by atoms with Gasteiger partial charge in [0.1, 0.15) is 6.07 Å². The molecule has 2 rings (SSSR count). The maximum absolute atomic E-state index is 9.03. The summed E-state index contributed by atoms with van der Waals surface area (Å²) >= 11 is 6.81. The van der Waals surface area contributed by atoms with Gasteiger partial charge in [0.2, 0.25) is 0 Å². The minimum absolute atomic E-state index is 0.648. The van der Waals surface area contributed by atoms with E-state index >= 15 is 0 Å². The van der Waals surface area contributed by atoms with Crippen LogP contribution in [0.1, 0.15) is 11.1 Å². The van der Waals surface area contributed by atoms with Gasteiger partial charge in [-0.05, 0) is 35.9 Å². The topological polar surface area (TPSA) is 35.8 Å². The van der Waals surface area contributed by atoms with Gasteiger partial charge in [-0.2, -0.15) is 5.26 Å². The fraction of sp³-hybridized carbons (Fsp3) is 0.0714. The predicted octanol–water partition coefficient (Wildman–Crippen LogP) is 4.70. The molecule has 0 saturated carbocycles. The van der Waals surface area contributed by atoms with Gasteiger partial charge < -0.3 is 5.32 Å². The molecule has 0 amide bonds. The number of nitrogens with one attached hydrogen (secondary N) is 1. The summed E-state index contributed by atoms with van der Waals surface area (Å²) in [6.07, 6.45) is 0. The van der Waals surface area contributed by atoms with Crippen LogP contribution in [0.2, 0.25) is 0 Å². The summed E-state index contributed by atoms with van der Waals surface area (Å²) in [4.78, 5) is 0. The van der Waals surface area contributed by atoms with E-state index in [-0.39, 0.29) is 0 Å². The summed E-state index contributed by atoms with van der Waals surface area (Å²) in [6, 6.07) is 15.8. The van der Waals surface area contributed by atoms with Gasteiger partial charge in [-0.15, -0.1) is 0 Å². The first-order valence-electron chi connectivity index (χ1n) is 5.37. The van der Waals surface area contributed by atoms with E-state index in [2.05, 4.69) is 43.2 Å². The van der Waals surface area contributed by atoms with Crippen molar-refractivity contribution in [3.05, 3.63) is 62.5 Å². The van der Waals surface area contributed by atoms with E-state index in [9.17, 15) is 0 Å². The number of nitriles is 1. The number of halogens is 2. The van der Waals surface area contributed by atoms with Gasteiger partial charge in [0, 0.05) is 15.5 Å². The molecule has 18 heavy (non-hydrogen) atoms. The number of benzene rings is 2. The van der Waals surface area contributed by atoms with Crippen molar-refractivity contribution >= 4 is 37.5 Å². The second-order valence-electron chi connectivity index (χ2n) is 3.78. The molecule has 0 unspecified atom stereocenters. The molecule has 2 aromatic carbocycles. The zero-order chi connectivity index (χ0) is 13.0. The summed E-state index contributed by atoms with van der Waals surface area (Å²) in [5, 5.41) is 12.3. The Hall–Kier alpha value is -1.31. The average Bonchev–Trinajstić information content (AvgIpc) is 2.38. The second-order valence-corrected chi connectivity index (χ2v) is 5.61. The van der Waals surface area contributed by atoms with E-state index in [1.54, 1.807) is 6.07 Å². The Balaban J connectivity index is 2.13. The number of hydrogen-bond donors (Lipinski definition) is 1. The van der Waals surface area contributed by atoms with Crippen LogP contribution in [0.3, 0.4) is 0 Å². The van der Waals surface area contributed by atoms with Crippen molar-refractivity contribution in [1.82, 2.24) is 0 Å². The summed E-state index contributed by atoms with van der Waals surface area (Å²) in [5.41, 5.74) is 2.66. The molecule has 2 nitrogen and oxygen atoms in total. The van der Waals surface area contributed by atoms with Crippen molar-refractivity contribution in [2.45, 2.75) is 6.54 Å². The quantitative estimate of drug-likeness (QED) is 0.855. The largest absolute Gasteiger partial charge is 0.380 e. The third-order valence-electron chi connectivity index (χ3n) is 2.50. The van der Waals surface area contributed by atoms with Gasteiger partial charge >= 0.3 is 0 Å². The number of nitrogens with zero attached hydrogens (tertiary/aromatic N) is 1. The normalized spacial score (nSPS) is 9.83. The molecule has 0 saturated heterocycles. The molecule has 0 heterocycles. The Kier molecular flexibility index (Phi) is 4.40. The molecule has 4 heteroatoms. The molecule has 0 aliphatic heterocycles. The Morgan fingerprint density at radius 1 is 1.00 bits per heavy atom. The molecule has 0 bridgehead atoms. The highest BCUT2D eigenvalue weighted by molar-refractivity contribution is 9.10. The van der Waals surface area contributed by atoms with Gasteiger partial charge in [-0.25, -0.2) is 0 Å². The molecule has 0 aromatic heterocycles. The number of rotatable bonds is 3. The molecule has 0 radical (unpaired) electrons. The van der Waals surface area contributed by atoms with Crippen molar-refractivity contribution in [1.29, 1.82) is 5.26 Å².